The fraction of sp³-hybridized carbons (Fsp3) is 0.722. The summed E-state index contributed by atoms with van der Waals surface area (Å²) < 4.78 is 30.8. The minimum absolute atomic E-state index is 0.0114. The van der Waals surface area contributed by atoms with Crippen LogP contribution in [0.25, 0.3) is 0 Å². The Balaban J connectivity index is 1.89. The van der Waals surface area contributed by atoms with Crippen molar-refractivity contribution in [3.63, 3.8) is 0 Å². The summed E-state index contributed by atoms with van der Waals surface area (Å²) in [6, 6.07) is 0.753. The molecule has 2 rings (SSSR count). The maximum absolute atomic E-state index is 13.0. The summed E-state index contributed by atoms with van der Waals surface area (Å²) in [7, 11) is -3.38. The van der Waals surface area contributed by atoms with Gasteiger partial charge < -0.3 is 19.7 Å². The third kappa shape index (κ3) is 7.22. The van der Waals surface area contributed by atoms with Crippen molar-refractivity contribution in [2.24, 2.45) is 5.92 Å². The van der Waals surface area contributed by atoms with E-state index in [0.717, 1.165) is 19.3 Å². The van der Waals surface area contributed by atoms with Crippen LogP contribution in [0.3, 0.4) is 0 Å². The molecule has 0 bridgehead atoms. The van der Waals surface area contributed by atoms with Gasteiger partial charge in [0.15, 0.2) is 0 Å². The number of nitrogens with two attached hydrogens (primary N) is 1. The minimum Gasteiger partial charge on any atom is -0.465 e. The van der Waals surface area contributed by atoms with E-state index in [9.17, 15) is 14.2 Å². The number of anilines is 1. The van der Waals surface area contributed by atoms with Gasteiger partial charge in [0.25, 0.3) is 7.52 Å². The van der Waals surface area contributed by atoms with Crippen molar-refractivity contribution in [2.45, 2.75) is 58.7 Å². The van der Waals surface area contributed by atoms with E-state index in [-0.39, 0.29) is 31.2 Å². The summed E-state index contributed by atoms with van der Waals surface area (Å²) in [5.74, 6) is -0.445. The molecule has 2 heterocycles. The van der Waals surface area contributed by atoms with E-state index in [0.29, 0.717) is 6.61 Å². The van der Waals surface area contributed by atoms with E-state index in [1.807, 2.05) is 13.8 Å². The molecule has 10 nitrogen and oxygen atoms in total. The van der Waals surface area contributed by atoms with Crippen LogP contribution < -0.4 is 16.5 Å². The summed E-state index contributed by atoms with van der Waals surface area (Å²) in [5.41, 5.74) is 4.98. The van der Waals surface area contributed by atoms with Crippen LogP contribution in [0, 0.1) is 5.92 Å². The van der Waals surface area contributed by atoms with Crippen LogP contribution in [-0.2, 0) is 29.9 Å². The Morgan fingerprint density at radius 3 is 2.83 bits per heavy atom. The van der Waals surface area contributed by atoms with Gasteiger partial charge in [0.2, 0.25) is 0 Å². The number of carbonyl (C=O) groups excluding carboxylic acids is 1. The number of rotatable bonds is 10. The molecular weight excluding hydrogens is 399 g/mol. The lowest BCUT2D eigenvalue weighted by molar-refractivity contribution is -0.147. The van der Waals surface area contributed by atoms with Crippen molar-refractivity contribution in [3.05, 3.63) is 22.7 Å². The van der Waals surface area contributed by atoms with E-state index in [1.54, 1.807) is 0 Å². The fourth-order valence-corrected chi connectivity index (χ4v) is 4.64. The second kappa shape index (κ2) is 10.9. The van der Waals surface area contributed by atoms with E-state index < -0.39 is 31.3 Å². The molecule has 164 valence electrons. The van der Waals surface area contributed by atoms with Crippen LogP contribution in [0.4, 0.5) is 5.82 Å². The second-order valence-corrected chi connectivity index (χ2v) is 9.52. The predicted octanol–water partition coefficient (Wildman–Crippen LogP) is 1.74. The van der Waals surface area contributed by atoms with E-state index in [2.05, 4.69) is 17.0 Å². The van der Waals surface area contributed by atoms with E-state index in [4.69, 9.17) is 19.7 Å². The zero-order valence-electron chi connectivity index (χ0n) is 17.2. The highest BCUT2D eigenvalue weighted by Crippen LogP contribution is 2.46. The van der Waals surface area contributed by atoms with Gasteiger partial charge in [0, 0.05) is 6.20 Å². The van der Waals surface area contributed by atoms with Crippen LogP contribution in [0.15, 0.2) is 17.1 Å². The maximum atomic E-state index is 13.0. The quantitative estimate of drug-likeness (QED) is 0.323. The van der Waals surface area contributed by atoms with Gasteiger partial charge in [-0.25, -0.2) is 9.88 Å². The molecule has 0 aromatic carbocycles. The first kappa shape index (κ1) is 23.5. The van der Waals surface area contributed by atoms with Crippen LogP contribution in [0.2, 0.25) is 0 Å². The lowest BCUT2D eigenvalue weighted by atomic mass is 10.1. The molecule has 0 saturated carbocycles. The average Bonchev–Trinajstić information content (AvgIpc) is 2.67. The number of nitrogens with one attached hydrogen (secondary N) is 1. The monoisotopic (exact) mass is 430 g/mol. The molecule has 0 amide bonds. The summed E-state index contributed by atoms with van der Waals surface area (Å²) in [6.45, 7) is 6.29. The number of hydrogen-bond acceptors (Lipinski definition) is 8. The molecule has 3 N–H and O–H groups in total. The van der Waals surface area contributed by atoms with Gasteiger partial charge in [-0.3, -0.25) is 13.9 Å². The van der Waals surface area contributed by atoms with Gasteiger partial charge in [-0.15, -0.1) is 0 Å². The van der Waals surface area contributed by atoms with E-state index in [1.165, 1.54) is 16.8 Å². The van der Waals surface area contributed by atoms with Crippen LogP contribution in [-0.4, -0.2) is 47.2 Å². The number of ether oxygens (including phenoxy) is 2. The molecule has 29 heavy (non-hydrogen) atoms. The van der Waals surface area contributed by atoms with Crippen LogP contribution in [0.1, 0.15) is 40.0 Å². The van der Waals surface area contributed by atoms with Crippen molar-refractivity contribution in [2.75, 3.05) is 25.3 Å². The number of esters is 1. The standard InChI is InChI=1S/C18H31N4O6P/c1-4-5-6-9-26-17(23)16(13(2)3)21-29(25)12-27-14(11-28-29)10-22-8-7-15(19)20-18(22)24/h7-8,13-14,16H,4-6,9-12H2,1-3H3,(H,21,25)(H2,19,20,24)/t14-,16?,29?/m0/s1. The molecule has 1 aliphatic rings. The van der Waals surface area contributed by atoms with Gasteiger partial charge in [-0.05, 0) is 18.4 Å². The molecule has 0 aliphatic carbocycles. The van der Waals surface area contributed by atoms with Crippen molar-refractivity contribution < 1.29 is 23.4 Å². The summed E-state index contributed by atoms with van der Waals surface area (Å²) >= 11 is 0. The van der Waals surface area contributed by atoms with Crippen molar-refractivity contribution in [1.82, 2.24) is 14.6 Å². The van der Waals surface area contributed by atoms with Crippen LogP contribution >= 0.6 is 7.52 Å². The van der Waals surface area contributed by atoms with Gasteiger partial charge in [-0.2, -0.15) is 4.98 Å². The maximum Gasteiger partial charge on any atom is 0.349 e. The van der Waals surface area contributed by atoms with Gasteiger partial charge in [-0.1, -0.05) is 33.6 Å². The van der Waals surface area contributed by atoms with Crippen LogP contribution in [0.5, 0.6) is 0 Å². The summed E-state index contributed by atoms with van der Waals surface area (Å²) in [5, 5.41) is 2.81. The first-order chi connectivity index (χ1) is 13.7. The summed E-state index contributed by atoms with van der Waals surface area (Å²) in [4.78, 5) is 27.8. The van der Waals surface area contributed by atoms with Gasteiger partial charge in [0.1, 0.15) is 24.3 Å². The number of aromatic nitrogens is 2. The topological polar surface area (TPSA) is 135 Å². The normalized spacial score (nSPS) is 23.1. The Labute approximate surface area is 170 Å². The highest BCUT2D eigenvalue weighted by Gasteiger charge is 2.37. The van der Waals surface area contributed by atoms with Crippen molar-refractivity contribution in [3.8, 4) is 0 Å². The molecule has 11 heteroatoms. The third-order valence-corrected chi connectivity index (χ3v) is 6.22. The molecule has 1 aromatic heterocycles. The molecule has 1 fully saturated rings. The molecule has 1 aromatic rings. The van der Waals surface area contributed by atoms with Gasteiger partial charge in [0.05, 0.1) is 19.8 Å². The Kier molecular flexibility index (Phi) is 8.82. The zero-order chi connectivity index (χ0) is 21.4. The van der Waals surface area contributed by atoms with E-state index >= 15 is 0 Å². The first-order valence-corrected chi connectivity index (χ1v) is 11.7. The highest BCUT2D eigenvalue weighted by molar-refractivity contribution is 7.56. The fourth-order valence-electron chi connectivity index (χ4n) is 2.77. The SMILES string of the molecule is CCCCCOC(=O)C(NP1(=O)CO[C@@H](Cn2ccc(N)nc2=O)CO1)C(C)C. The number of hydrogen-bond donors (Lipinski definition) is 2. The van der Waals surface area contributed by atoms with Gasteiger partial charge >= 0.3 is 11.7 Å². The molecule has 2 unspecified atom stereocenters. The molecular formula is C18H31N4O6P. The zero-order valence-corrected chi connectivity index (χ0v) is 18.1. The average molecular weight is 430 g/mol. The highest BCUT2D eigenvalue weighted by atomic mass is 31.2. The number of unbranched alkanes of at least 4 members (excludes halogenated alkanes) is 2. The number of nitrogens with zero attached hydrogens (tertiary/aromatic N) is 2. The Morgan fingerprint density at radius 2 is 2.24 bits per heavy atom. The second-order valence-electron chi connectivity index (χ2n) is 7.40. The lowest BCUT2D eigenvalue weighted by Crippen LogP contribution is -2.44. The summed E-state index contributed by atoms with van der Waals surface area (Å²) in [6.07, 6.45) is 3.65. The first-order valence-electron chi connectivity index (χ1n) is 9.86. The Morgan fingerprint density at radius 1 is 1.48 bits per heavy atom. The lowest BCUT2D eigenvalue weighted by Gasteiger charge is -2.32. The smallest absolute Gasteiger partial charge is 0.349 e. The molecule has 0 radical (unpaired) electrons. The van der Waals surface area contributed by atoms with Crippen molar-refractivity contribution in [1.29, 1.82) is 0 Å². The third-order valence-electron chi connectivity index (χ3n) is 4.49. The predicted molar refractivity (Wildman–Crippen MR) is 108 cm³/mol. The largest absolute Gasteiger partial charge is 0.465 e. The number of carbonyl (C=O) groups is 1. The molecule has 3 atom stereocenters. The van der Waals surface area contributed by atoms with Crippen molar-refractivity contribution >= 4 is 19.3 Å². The minimum atomic E-state index is -3.38. The Hall–Kier alpha value is -1.74. The molecule has 1 aliphatic heterocycles. The number of nitrogen functional groups attached to an aromatic ring is 1. The Bertz CT molecular complexity index is 772. The molecule has 0 spiro atoms. The molecule has 1 saturated heterocycles.